The molecule has 0 saturated heterocycles. The molecule has 0 unspecified atom stereocenters. The summed E-state index contributed by atoms with van der Waals surface area (Å²) in [6.45, 7) is 0.900. The van der Waals surface area contributed by atoms with Gasteiger partial charge < -0.3 is 5.32 Å². The fourth-order valence-electron chi connectivity index (χ4n) is 1.72. The van der Waals surface area contributed by atoms with Crippen LogP contribution in [0.3, 0.4) is 0 Å². The summed E-state index contributed by atoms with van der Waals surface area (Å²) in [4.78, 5) is 0. The van der Waals surface area contributed by atoms with Crippen LogP contribution in [-0.2, 0) is 19.3 Å². The SMILES string of the molecule is Cn1cc(CCNc2cccc(CCl)c2)cn1. The second kappa shape index (κ2) is 5.73. The molecular weight excluding hydrogens is 234 g/mol. The van der Waals surface area contributed by atoms with Crippen LogP contribution >= 0.6 is 11.6 Å². The highest BCUT2D eigenvalue weighted by Gasteiger charge is 1.97. The van der Waals surface area contributed by atoms with Crippen LogP contribution in [0.4, 0.5) is 5.69 Å². The van der Waals surface area contributed by atoms with Crippen LogP contribution < -0.4 is 5.32 Å². The Kier molecular flexibility index (Phi) is 4.04. The van der Waals surface area contributed by atoms with Crippen molar-refractivity contribution in [2.75, 3.05) is 11.9 Å². The van der Waals surface area contributed by atoms with Crippen LogP contribution in [0.5, 0.6) is 0 Å². The molecule has 1 heterocycles. The molecule has 0 aliphatic heterocycles. The average molecular weight is 250 g/mol. The first kappa shape index (κ1) is 12.0. The Balaban J connectivity index is 1.85. The Morgan fingerprint density at radius 1 is 1.35 bits per heavy atom. The summed E-state index contributed by atoms with van der Waals surface area (Å²) in [5.41, 5.74) is 3.50. The van der Waals surface area contributed by atoms with E-state index in [1.54, 1.807) is 0 Å². The molecule has 0 radical (unpaired) electrons. The molecule has 2 rings (SSSR count). The third kappa shape index (κ3) is 3.49. The number of hydrogen-bond acceptors (Lipinski definition) is 2. The molecule has 0 atom stereocenters. The van der Waals surface area contributed by atoms with E-state index in [9.17, 15) is 0 Å². The lowest BCUT2D eigenvalue weighted by Crippen LogP contribution is -2.04. The van der Waals surface area contributed by atoms with Gasteiger partial charge in [0, 0.05) is 31.4 Å². The second-order valence-corrected chi connectivity index (χ2v) is 4.30. The molecule has 3 nitrogen and oxygen atoms in total. The first-order valence-corrected chi connectivity index (χ1v) is 6.17. The normalized spacial score (nSPS) is 10.5. The number of aromatic nitrogens is 2. The van der Waals surface area contributed by atoms with Crippen molar-refractivity contribution in [1.82, 2.24) is 9.78 Å². The first-order chi connectivity index (χ1) is 8.28. The molecule has 1 aromatic carbocycles. The minimum atomic E-state index is 0.554. The van der Waals surface area contributed by atoms with Crippen molar-refractivity contribution in [3.05, 3.63) is 47.8 Å². The number of nitrogens with zero attached hydrogens (tertiary/aromatic N) is 2. The van der Waals surface area contributed by atoms with Crippen molar-refractivity contribution in [2.45, 2.75) is 12.3 Å². The number of benzene rings is 1. The number of aryl methyl sites for hydroxylation is 1. The third-order valence-electron chi connectivity index (χ3n) is 2.58. The lowest BCUT2D eigenvalue weighted by Gasteiger charge is -2.06. The average Bonchev–Trinajstić information content (AvgIpc) is 2.75. The minimum absolute atomic E-state index is 0.554. The molecule has 2 aromatic rings. The van der Waals surface area contributed by atoms with Crippen molar-refractivity contribution in [3.63, 3.8) is 0 Å². The lowest BCUT2D eigenvalue weighted by molar-refractivity contribution is 0.767. The van der Waals surface area contributed by atoms with Crippen molar-refractivity contribution in [1.29, 1.82) is 0 Å². The molecule has 1 N–H and O–H groups in total. The van der Waals surface area contributed by atoms with Gasteiger partial charge in [0.15, 0.2) is 0 Å². The van der Waals surface area contributed by atoms with Gasteiger partial charge in [-0.1, -0.05) is 12.1 Å². The molecule has 90 valence electrons. The van der Waals surface area contributed by atoms with E-state index in [1.807, 2.05) is 36.3 Å². The van der Waals surface area contributed by atoms with Crippen LogP contribution in [0.15, 0.2) is 36.7 Å². The maximum Gasteiger partial charge on any atom is 0.0522 e. The molecule has 0 aliphatic carbocycles. The lowest BCUT2D eigenvalue weighted by atomic mass is 10.2. The zero-order valence-electron chi connectivity index (χ0n) is 9.86. The van der Waals surface area contributed by atoms with Crippen LogP contribution in [-0.4, -0.2) is 16.3 Å². The predicted molar refractivity (Wildman–Crippen MR) is 71.4 cm³/mol. The summed E-state index contributed by atoms with van der Waals surface area (Å²) in [5, 5.41) is 7.52. The zero-order chi connectivity index (χ0) is 12.1. The molecular formula is C13H16ClN3. The van der Waals surface area contributed by atoms with Gasteiger partial charge in [-0.15, -0.1) is 11.6 Å². The van der Waals surface area contributed by atoms with E-state index >= 15 is 0 Å². The molecule has 0 amide bonds. The van der Waals surface area contributed by atoms with Crippen molar-refractivity contribution in [3.8, 4) is 0 Å². The number of halogens is 1. The Hall–Kier alpha value is -1.48. The van der Waals surface area contributed by atoms with E-state index < -0.39 is 0 Å². The smallest absolute Gasteiger partial charge is 0.0522 e. The summed E-state index contributed by atoms with van der Waals surface area (Å²) in [6, 6.07) is 8.18. The Bertz CT molecular complexity index is 479. The van der Waals surface area contributed by atoms with E-state index in [0.29, 0.717) is 5.88 Å². The monoisotopic (exact) mass is 249 g/mol. The molecule has 0 aliphatic rings. The number of rotatable bonds is 5. The summed E-state index contributed by atoms with van der Waals surface area (Å²) in [7, 11) is 1.93. The first-order valence-electron chi connectivity index (χ1n) is 5.64. The molecule has 0 saturated carbocycles. The maximum atomic E-state index is 5.79. The summed E-state index contributed by atoms with van der Waals surface area (Å²) >= 11 is 5.79. The van der Waals surface area contributed by atoms with Crippen LogP contribution in [0.25, 0.3) is 0 Å². The highest BCUT2D eigenvalue weighted by atomic mass is 35.5. The van der Waals surface area contributed by atoms with Gasteiger partial charge >= 0.3 is 0 Å². The molecule has 4 heteroatoms. The standard InChI is InChI=1S/C13H16ClN3/c1-17-10-12(9-16-17)5-6-15-13-4-2-3-11(7-13)8-14/h2-4,7,9-10,15H,5-6,8H2,1H3. The third-order valence-corrected chi connectivity index (χ3v) is 2.89. The van der Waals surface area contributed by atoms with Crippen LogP contribution in [0.2, 0.25) is 0 Å². The Morgan fingerprint density at radius 3 is 2.94 bits per heavy atom. The second-order valence-electron chi connectivity index (χ2n) is 4.03. The summed E-state index contributed by atoms with van der Waals surface area (Å²) < 4.78 is 1.82. The van der Waals surface area contributed by atoms with E-state index in [2.05, 4.69) is 22.5 Å². The molecule has 0 spiro atoms. The molecule has 0 bridgehead atoms. The van der Waals surface area contributed by atoms with E-state index in [0.717, 1.165) is 24.2 Å². The number of alkyl halides is 1. The Morgan fingerprint density at radius 2 is 2.24 bits per heavy atom. The van der Waals surface area contributed by atoms with Gasteiger partial charge in [0.2, 0.25) is 0 Å². The van der Waals surface area contributed by atoms with Crippen LogP contribution in [0.1, 0.15) is 11.1 Å². The highest BCUT2D eigenvalue weighted by Crippen LogP contribution is 2.12. The zero-order valence-corrected chi connectivity index (χ0v) is 10.6. The van der Waals surface area contributed by atoms with Crippen LogP contribution in [0, 0.1) is 0 Å². The number of anilines is 1. The van der Waals surface area contributed by atoms with Crippen molar-refractivity contribution < 1.29 is 0 Å². The highest BCUT2D eigenvalue weighted by molar-refractivity contribution is 6.17. The van der Waals surface area contributed by atoms with E-state index in [4.69, 9.17) is 11.6 Å². The molecule has 1 aromatic heterocycles. The van der Waals surface area contributed by atoms with Crippen molar-refractivity contribution in [2.24, 2.45) is 7.05 Å². The number of nitrogens with one attached hydrogen (secondary N) is 1. The topological polar surface area (TPSA) is 29.9 Å². The van der Waals surface area contributed by atoms with E-state index in [1.165, 1.54) is 5.56 Å². The van der Waals surface area contributed by atoms with Gasteiger partial charge in [0.05, 0.1) is 6.20 Å². The number of hydrogen-bond donors (Lipinski definition) is 1. The van der Waals surface area contributed by atoms with Crippen molar-refractivity contribution >= 4 is 17.3 Å². The van der Waals surface area contributed by atoms with Gasteiger partial charge in [0.1, 0.15) is 0 Å². The Labute approximate surface area is 106 Å². The molecule has 17 heavy (non-hydrogen) atoms. The quantitative estimate of drug-likeness (QED) is 0.826. The van der Waals surface area contributed by atoms with Gasteiger partial charge in [-0.3, -0.25) is 4.68 Å². The largest absolute Gasteiger partial charge is 0.385 e. The fraction of sp³-hybridized carbons (Fsp3) is 0.308. The summed E-state index contributed by atoms with van der Waals surface area (Å²) in [5.74, 6) is 0.554. The van der Waals surface area contributed by atoms with Gasteiger partial charge in [-0.05, 0) is 29.7 Å². The fourth-order valence-corrected chi connectivity index (χ4v) is 1.88. The van der Waals surface area contributed by atoms with Gasteiger partial charge in [0.25, 0.3) is 0 Å². The van der Waals surface area contributed by atoms with Gasteiger partial charge in [-0.2, -0.15) is 5.10 Å². The maximum absolute atomic E-state index is 5.79. The minimum Gasteiger partial charge on any atom is -0.385 e. The molecule has 0 fully saturated rings. The van der Waals surface area contributed by atoms with Gasteiger partial charge in [-0.25, -0.2) is 0 Å². The summed E-state index contributed by atoms with van der Waals surface area (Å²) in [6.07, 6.45) is 4.91. The van der Waals surface area contributed by atoms with E-state index in [-0.39, 0.29) is 0 Å². The predicted octanol–water partition coefficient (Wildman–Crippen LogP) is 2.81.